The molecule has 22 heavy (non-hydrogen) atoms. The number of hydrogen-bond donors (Lipinski definition) is 2. The van der Waals surface area contributed by atoms with Crippen LogP contribution in [0, 0.1) is 12.8 Å². The fraction of sp³-hybridized carbons (Fsp3) is 0.765. The smallest absolute Gasteiger partial charge is 0.220 e. The molecule has 1 aromatic heterocycles. The number of rotatable bonds is 7. The highest BCUT2D eigenvalue weighted by Crippen LogP contribution is 2.27. The first-order valence-corrected chi connectivity index (χ1v) is 8.50. The zero-order chi connectivity index (χ0) is 15.9. The van der Waals surface area contributed by atoms with E-state index in [2.05, 4.69) is 10.4 Å². The fourth-order valence-electron chi connectivity index (χ4n) is 3.24. The lowest BCUT2D eigenvalue weighted by Gasteiger charge is -2.27. The van der Waals surface area contributed by atoms with Crippen LogP contribution in [-0.4, -0.2) is 33.4 Å². The van der Waals surface area contributed by atoms with Gasteiger partial charge in [-0.15, -0.1) is 0 Å². The minimum atomic E-state index is -0.127. The molecule has 1 heterocycles. The Balaban J connectivity index is 1.59. The quantitative estimate of drug-likeness (QED) is 0.758. The Bertz CT molecular complexity index is 484. The van der Waals surface area contributed by atoms with Gasteiger partial charge in [-0.05, 0) is 50.5 Å². The summed E-state index contributed by atoms with van der Waals surface area (Å²) in [5.41, 5.74) is 2.27. The van der Waals surface area contributed by atoms with Crippen LogP contribution >= 0.6 is 0 Å². The number of aromatic nitrogens is 2. The lowest BCUT2D eigenvalue weighted by molar-refractivity contribution is -0.121. The van der Waals surface area contributed by atoms with Crippen molar-refractivity contribution < 1.29 is 9.90 Å². The highest BCUT2D eigenvalue weighted by atomic mass is 16.3. The maximum atomic E-state index is 11.9. The van der Waals surface area contributed by atoms with Crippen LogP contribution < -0.4 is 5.32 Å². The molecule has 1 aliphatic rings. The van der Waals surface area contributed by atoms with E-state index in [1.165, 1.54) is 6.42 Å². The van der Waals surface area contributed by atoms with Crippen LogP contribution in [0.4, 0.5) is 0 Å². The molecule has 0 aromatic carbocycles. The number of carbonyl (C=O) groups excluding carboxylic acids is 1. The molecule has 0 saturated heterocycles. The van der Waals surface area contributed by atoms with E-state index in [1.807, 2.05) is 24.9 Å². The second-order valence-corrected chi connectivity index (χ2v) is 6.48. The van der Waals surface area contributed by atoms with Crippen LogP contribution in [0.3, 0.4) is 0 Å². The molecule has 2 N–H and O–H groups in total. The van der Waals surface area contributed by atoms with E-state index >= 15 is 0 Å². The molecular weight excluding hydrogens is 278 g/mol. The first-order chi connectivity index (χ1) is 10.6. The molecule has 5 heteroatoms. The molecule has 2 atom stereocenters. The second kappa shape index (κ2) is 8.32. The summed E-state index contributed by atoms with van der Waals surface area (Å²) in [6.45, 7) is 2.74. The largest absolute Gasteiger partial charge is 0.393 e. The number of aryl methyl sites for hydroxylation is 2. The lowest BCUT2D eigenvalue weighted by atomic mass is 9.83. The van der Waals surface area contributed by atoms with Gasteiger partial charge in [0.15, 0.2) is 0 Å². The number of aliphatic hydroxyl groups excluding tert-OH is 1. The van der Waals surface area contributed by atoms with Crippen LogP contribution in [0.15, 0.2) is 6.20 Å². The third-order valence-corrected chi connectivity index (χ3v) is 4.90. The molecule has 1 aromatic rings. The molecule has 0 spiro atoms. The van der Waals surface area contributed by atoms with Gasteiger partial charge in [0.05, 0.1) is 12.3 Å². The standard InChI is InChI=1S/C17H29N3O2/c1-13-15(12-19-20(13)2)9-10-17(22)18-11-5-7-14-6-3-4-8-16(14)21/h12,14,16,21H,3-11H2,1-2H3,(H,18,22). The lowest BCUT2D eigenvalue weighted by Crippen LogP contribution is -2.28. The van der Waals surface area contributed by atoms with Gasteiger partial charge in [0.2, 0.25) is 5.91 Å². The average molecular weight is 307 g/mol. The minimum absolute atomic E-state index is 0.104. The van der Waals surface area contributed by atoms with Crippen LogP contribution in [0.1, 0.15) is 56.2 Å². The van der Waals surface area contributed by atoms with Crippen molar-refractivity contribution in [2.24, 2.45) is 13.0 Å². The molecular formula is C17H29N3O2. The second-order valence-electron chi connectivity index (χ2n) is 6.48. The van der Waals surface area contributed by atoms with E-state index in [-0.39, 0.29) is 12.0 Å². The maximum Gasteiger partial charge on any atom is 0.220 e. The van der Waals surface area contributed by atoms with E-state index in [1.54, 1.807) is 0 Å². The van der Waals surface area contributed by atoms with Crippen LogP contribution in [-0.2, 0) is 18.3 Å². The Hall–Kier alpha value is -1.36. The average Bonchev–Trinajstić information content (AvgIpc) is 2.83. The van der Waals surface area contributed by atoms with E-state index in [9.17, 15) is 9.90 Å². The number of hydrogen-bond acceptors (Lipinski definition) is 3. The monoisotopic (exact) mass is 307 g/mol. The topological polar surface area (TPSA) is 67.2 Å². The summed E-state index contributed by atoms with van der Waals surface area (Å²) in [4.78, 5) is 11.9. The van der Waals surface area contributed by atoms with Gasteiger partial charge in [-0.25, -0.2) is 0 Å². The molecule has 1 amide bonds. The predicted octanol–water partition coefficient (Wildman–Crippen LogP) is 2.11. The van der Waals surface area contributed by atoms with E-state index < -0.39 is 0 Å². The number of nitrogens with zero attached hydrogens (tertiary/aromatic N) is 2. The molecule has 1 fully saturated rings. The van der Waals surface area contributed by atoms with Crippen molar-refractivity contribution in [3.05, 3.63) is 17.5 Å². The van der Waals surface area contributed by atoms with Crippen molar-refractivity contribution in [3.8, 4) is 0 Å². The van der Waals surface area contributed by atoms with Gasteiger partial charge in [-0.1, -0.05) is 12.8 Å². The van der Waals surface area contributed by atoms with Crippen molar-refractivity contribution in [1.82, 2.24) is 15.1 Å². The normalized spacial score (nSPS) is 21.8. The molecule has 0 aliphatic heterocycles. The zero-order valence-electron chi connectivity index (χ0n) is 13.8. The highest BCUT2D eigenvalue weighted by molar-refractivity contribution is 5.76. The molecule has 124 valence electrons. The molecule has 0 bridgehead atoms. The van der Waals surface area contributed by atoms with Gasteiger partial charge in [-0.2, -0.15) is 5.10 Å². The van der Waals surface area contributed by atoms with Gasteiger partial charge in [0.1, 0.15) is 0 Å². The number of carbonyl (C=O) groups is 1. The first-order valence-electron chi connectivity index (χ1n) is 8.50. The number of amides is 1. The highest BCUT2D eigenvalue weighted by Gasteiger charge is 2.22. The van der Waals surface area contributed by atoms with Crippen molar-refractivity contribution in [1.29, 1.82) is 0 Å². The SMILES string of the molecule is Cc1c(CCC(=O)NCCCC2CCCCC2O)cnn1C. The number of nitrogens with one attached hydrogen (secondary N) is 1. The van der Waals surface area contributed by atoms with Gasteiger partial charge >= 0.3 is 0 Å². The van der Waals surface area contributed by atoms with Crippen LogP contribution in [0.2, 0.25) is 0 Å². The Morgan fingerprint density at radius 3 is 2.91 bits per heavy atom. The van der Waals surface area contributed by atoms with Gasteiger partial charge in [0, 0.05) is 25.7 Å². The summed E-state index contributed by atoms with van der Waals surface area (Å²) < 4.78 is 1.84. The van der Waals surface area contributed by atoms with Crippen molar-refractivity contribution in [2.45, 2.75) is 64.4 Å². The predicted molar refractivity (Wildman–Crippen MR) is 86.5 cm³/mol. The van der Waals surface area contributed by atoms with Gasteiger partial charge in [-0.3, -0.25) is 9.48 Å². The van der Waals surface area contributed by atoms with Crippen LogP contribution in [0.25, 0.3) is 0 Å². The zero-order valence-corrected chi connectivity index (χ0v) is 13.8. The summed E-state index contributed by atoms with van der Waals surface area (Å²) in [5, 5.41) is 17.1. The summed E-state index contributed by atoms with van der Waals surface area (Å²) in [5.74, 6) is 0.538. The fourth-order valence-corrected chi connectivity index (χ4v) is 3.24. The Morgan fingerprint density at radius 1 is 1.45 bits per heavy atom. The Morgan fingerprint density at radius 2 is 2.23 bits per heavy atom. The van der Waals surface area contributed by atoms with Crippen LogP contribution in [0.5, 0.6) is 0 Å². The summed E-state index contributed by atoms with van der Waals surface area (Å²) in [6.07, 6.45) is 9.41. The summed E-state index contributed by atoms with van der Waals surface area (Å²) in [6, 6.07) is 0. The van der Waals surface area contributed by atoms with Crippen molar-refractivity contribution in [3.63, 3.8) is 0 Å². The first kappa shape index (κ1) is 17.0. The van der Waals surface area contributed by atoms with Gasteiger partial charge in [0.25, 0.3) is 0 Å². The molecule has 1 saturated carbocycles. The minimum Gasteiger partial charge on any atom is -0.393 e. The van der Waals surface area contributed by atoms with E-state index in [0.717, 1.165) is 49.8 Å². The summed E-state index contributed by atoms with van der Waals surface area (Å²) >= 11 is 0. The van der Waals surface area contributed by atoms with E-state index in [0.29, 0.717) is 18.9 Å². The van der Waals surface area contributed by atoms with Crippen molar-refractivity contribution in [2.75, 3.05) is 6.54 Å². The van der Waals surface area contributed by atoms with Crippen molar-refractivity contribution >= 4 is 5.91 Å². The Labute approximate surface area is 133 Å². The summed E-state index contributed by atoms with van der Waals surface area (Å²) in [7, 11) is 1.92. The van der Waals surface area contributed by atoms with Gasteiger partial charge < -0.3 is 10.4 Å². The van der Waals surface area contributed by atoms with E-state index in [4.69, 9.17) is 0 Å². The maximum absolute atomic E-state index is 11.9. The Kier molecular flexibility index (Phi) is 6.43. The third kappa shape index (κ3) is 4.83. The molecule has 2 rings (SSSR count). The molecule has 2 unspecified atom stereocenters. The molecule has 1 aliphatic carbocycles. The number of aliphatic hydroxyl groups is 1. The molecule has 0 radical (unpaired) electrons. The third-order valence-electron chi connectivity index (χ3n) is 4.90. The molecule has 5 nitrogen and oxygen atoms in total.